The van der Waals surface area contributed by atoms with E-state index >= 15 is 4.39 Å². The van der Waals surface area contributed by atoms with Gasteiger partial charge in [-0.2, -0.15) is 5.10 Å². The first-order chi connectivity index (χ1) is 14.3. The summed E-state index contributed by atoms with van der Waals surface area (Å²) in [6, 6.07) is 5.34. The van der Waals surface area contributed by atoms with Crippen LogP contribution in [0.5, 0.6) is 0 Å². The number of halogens is 4. The average Bonchev–Trinajstić information content (AvgIpc) is 3.32. The van der Waals surface area contributed by atoms with Crippen LogP contribution in [0.15, 0.2) is 47.7 Å². The number of aliphatic imine (C=N–C) groups is 1. The van der Waals surface area contributed by atoms with Gasteiger partial charge in [-0.15, -0.1) is 0 Å². The number of pyridine rings is 1. The second-order valence-corrected chi connectivity index (χ2v) is 6.59. The number of rotatable bonds is 4. The molecule has 0 spiro atoms. The molecule has 1 aliphatic rings. The third-order valence-corrected chi connectivity index (χ3v) is 4.89. The van der Waals surface area contributed by atoms with Gasteiger partial charge >= 0.3 is 0 Å². The lowest BCUT2D eigenvalue weighted by molar-refractivity contribution is -0.129. The molecule has 3 heterocycles. The minimum atomic E-state index is -2.93. The number of guanidine groups is 1. The predicted octanol–water partition coefficient (Wildman–Crippen LogP) is 2.72. The Morgan fingerprint density at radius 1 is 1.17 bits per heavy atom. The highest BCUT2D eigenvalue weighted by molar-refractivity contribution is 6.09. The van der Waals surface area contributed by atoms with Gasteiger partial charge in [0, 0.05) is 36.6 Å². The van der Waals surface area contributed by atoms with Gasteiger partial charge in [0.25, 0.3) is 12.3 Å². The number of benzene rings is 1. The number of amides is 1. The molecule has 1 amide bonds. The van der Waals surface area contributed by atoms with E-state index in [1.165, 1.54) is 25.4 Å². The Morgan fingerprint density at radius 3 is 2.53 bits per heavy atom. The fourth-order valence-corrected chi connectivity index (χ4v) is 3.39. The van der Waals surface area contributed by atoms with E-state index in [0.717, 1.165) is 23.2 Å². The lowest BCUT2D eigenvalue weighted by Crippen LogP contribution is -2.41. The van der Waals surface area contributed by atoms with Crippen molar-refractivity contribution in [3.05, 3.63) is 71.2 Å². The molecule has 2 aromatic heterocycles. The summed E-state index contributed by atoms with van der Waals surface area (Å²) >= 11 is 0. The molecule has 11 heteroatoms. The maximum atomic E-state index is 15.0. The second-order valence-electron chi connectivity index (χ2n) is 6.59. The summed E-state index contributed by atoms with van der Waals surface area (Å²) in [5, 5.41) is 6.39. The molecule has 1 atom stereocenters. The van der Waals surface area contributed by atoms with Gasteiger partial charge in [-0.3, -0.25) is 19.8 Å². The van der Waals surface area contributed by atoms with E-state index in [-0.39, 0.29) is 28.3 Å². The molecule has 154 valence electrons. The van der Waals surface area contributed by atoms with Crippen molar-refractivity contribution in [3.8, 4) is 11.3 Å². The Morgan fingerprint density at radius 2 is 1.93 bits per heavy atom. The lowest BCUT2D eigenvalue weighted by atomic mass is 9.81. The fourth-order valence-electron chi connectivity index (χ4n) is 3.39. The van der Waals surface area contributed by atoms with E-state index in [9.17, 15) is 18.0 Å². The van der Waals surface area contributed by atoms with Gasteiger partial charge in [-0.05, 0) is 29.8 Å². The van der Waals surface area contributed by atoms with E-state index in [4.69, 9.17) is 5.73 Å². The molecule has 0 aliphatic carbocycles. The minimum Gasteiger partial charge on any atom is -0.369 e. The largest absolute Gasteiger partial charge is 0.369 e. The number of hydrogen-bond donors (Lipinski definition) is 2. The van der Waals surface area contributed by atoms with E-state index in [2.05, 4.69) is 20.2 Å². The molecule has 3 aromatic rings. The quantitative estimate of drug-likeness (QED) is 0.637. The lowest BCUT2D eigenvalue weighted by Gasteiger charge is -2.27. The number of alkyl halides is 2. The van der Waals surface area contributed by atoms with Crippen molar-refractivity contribution >= 4 is 11.9 Å². The summed E-state index contributed by atoms with van der Waals surface area (Å²) in [7, 11) is 1.31. The Balaban J connectivity index is 2.03. The zero-order valence-electron chi connectivity index (χ0n) is 15.4. The first-order valence-electron chi connectivity index (χ1n) is 8.63. The number of H-pyrrole nitrogens is 1. The fraction of sp³-hybridized carbons (Fsp3) is 0.158. The molecule has 1 unspecified atom stereocenters. The first-order valence-corrected chi connectivity index (χ1v) is 8.63. The zero-order valence-corrected chi connectivity index (χ0v) is 15.4. The predicted molar refractivity (Wildman–Crippen MR) is 98.3 cm³/mol. The number of nitrogens with two attached hydrogens (primary N) is 1. The highest BCUT2D eigenvalue weighted by Gasteiger charge is 2.51. The van der Waals surface area contributed by atoms with Gasteiger partial charge < -0.3 is 5.73 Å². The number of likely N-dealkylation sites (N-methyl/N-ethyl adjacent to an activating group) is 1. The molecule has 0 fully saturated rings. The molecule has 0 bridgehead atoms. The smallest absolute Gasteiger partial charge is 0.280 e. The van der Waals surface area contributed by atoms with Gasteiger partial charge in [0.05, 0.1) is 5.69 Å². The molecule has 1 aromatic carbocycles. The number of carbonyl (C=O) groups is 1. The van der Waals surface area contributed by atoms with Gasteiger partial charge in [0.2, 0.25) is 0 Å². The van der Waals surface area contributed by atoms with Crippen molar-refractivity contribution in [3.63, 3.8) is 0 Å². The van der Waals surface area contributed by atoms with Crippen LogP contribution in [0.3, 0.4) is 0 Å². The Bertz CT molecular complexity index is 1160. The molecule has 4 rings (SSSR count). The Labute approximate surface area is 167 Å². The third kappa shape index (κ3) is 2.81. The number of aromatic amines is 1. The summed E-state index contributed by atoms with van der Waals surface area (Å²) in [6.45, 7) is 0. The van der Waals surface area contributed by atoms with Crippen LogP contribution in [0.1, 0.15) is 23.2 Å². The Hall–Kier alpha value is -3.76. The summed E-state index contributed by atoms with van der Waals surface area (Å²) in [5.74, 6) is -3.05. The van der Waals surface area contributed by atoms with Crippen LogP contribution in [0.4, 0.5) is 17.6 Å². The maximum Gasteiger partial charge on any atom is 0.280 e. The van der Waals surface area contributed by atoms with E-state index in [1.54, 1.807) is 0 Å². The van der Waals surface area contributed by atoms with Crippen LogP contribution in [0, 0.1) is 11.6 Å². The van der Waals surface area contributed by atoms with Crippen LogP contribution in [0.25, 0.3) is 11.3 Å². The SMILES string of the molecule is CN1C(=O)C(c2ccnc(C(F)F)c2)(c2cc(-c3cc[nH]n3)c(F)cc2F)N=C1N. The van der Waals surface area contributed by atoms with Crippen LogP contribution in [-0.4, -0.2) is 39.0 Å². The number of nitrogens with zero attached hydrogens (tertiary/aromatic N) is 4. The molecule has 3 N–H and O–H groups in total. The van der Waals surface area contributed by atoms with Crippen molar-refractivity contribution in [1.82, 2.24) is 20.1 Å². The summed E-state index contributed by atoms with van der Waals surface area (Å²) < 4.78 is 56.0. The van der Waals surface area contributed by atoms with Gasteiger partial charge in [0.1, 0.15) is 17.3 Å². The second kappa shape index (κ2) is 6.94. The third-order valence-electron chi connectivity index (χ3n) is 4.89. The standard InChI is InChI=1S/C19H14F4N6O/c1-29-17(30)19(27-18(29)24,9-2-4-25-15(6-9)16(22)23)11-7-10(12(20)8-13(11)21)14-3-5-26-28-14/h2-8,16H,1H3,(H2,24,27)(H,26,28). The van der Waals surface area contributed by atoms with Gasteiger partial charge in [0.15, 0.2) is 11.5 Å². The van der Waals surface area contributed by atoms with E-state index < -0.39 is 35.2 Å². The maximum absolute atomic E-state index is 15.0. The van der Waals surface area contributed by atoms with Gasteiger partial charge in [-0.25, -0.2) is 22.6 Å². The molecule has 7 nitrogen and oxygen atoms in total. The zero-order chi connectivity index (χ0) is 21.6. The highest BCUT2D eigenvalue weighted by Crippen LogP contribution is 2.42. The molecule has 0 radical (unpaired) electrons. The average molecular weight is 418 g/mol. The van der Waals surface area contributed by atoms with Crippen molar-refractivity contribution in [1.29, 1.82) is 0 Å². The van der Waals surface area contributed by atoms with E-state index in [1.807, 2.05) is 0 Å². The van der Waals surface area contributed by atoms with Crippen molar-refractivity contribution in [2.24, 2.45) is 10.7 Å². The van der Waals surface area contributed by atoms with E-state index in [0.29, 0.717) is 6.07 Å². The van der Waals surface area contributed by atoms with Crippen LogP contribution >= 0.6 is 0 Å². The highest BCUT2D eigenvalue weighted by atomic mass is 19.3. The summed E-state index contributed by atoms with van der Waals surface area (Å²) in [6.07, 6.45) is -0.433. The number of hydrogen-bond acceptors (Lipinski definition) is 5. The molecule has 1 aliphatic heterocycles. The van der Waals surface area contributed by atoms with Crippen molar-refractivity contribution in [2.75, 3.05) is 7.05 Å². The molecule has 30 heavy (non-hydrogen) atoms. The number of carbonyl (C=O) groups excluding carboxylic acids is 1. The molecular weight excluding hydrogens is 404 g/mol. The monoisotopic (exact) mass is 418 g/mol. The summed E-state index contributed by atoms with van der Waals surface area (Å²) in [4.78, 5) is 21.9. The van der Waals surface area contributed by atoms with Crippen LogP contribution < -0.4 is 5.73 Å². The molecule has 0 saturated carbocycles. The Kier molecular flexibility index (Phi) is 4.52. The van der Waals surface area contributed by atoms with Crippen LogP contribution in [0.2, 0.25) is 0 Å². The summed E-state index contributed by atoms with van der Waals surface area (Å²) in [5.41, 5.74) is 2.66. The van der Waals surface area contributed by atoms with Crippen LogP contribution in [-0.2, 0) is 10.3 Å². The van der Waals surface area contributed by atoms with Gasteiger partial charge in [-0.1, -0.05) is 0 Å². The first kappa shape index (κ1) is 19.6. The number of nitrogens with one attached hydrogen (secondary N) is 1. The number of aromatic nitrogens is 3. The normalized spacial score (nSPS) is 18.9. The minimum absolute atomic E-state index is 0.0800. The van der Waals surface area contributed by atoms with Crippen molar-refractivity contribution < 1.29 is 22.4 Å². The molecule has 0 saturated heterocycles. The van der Waals surface area contributed by atoms with Crippen molar-refractivity contribution in [2.45, 2.75) is 12.0 Å². The molecular formula is C19H14F4N6O. The topological polar surface area (TPSA) is 100 Å².